The molecule has 0 atom stereocenters. The van der Waals surface area contributed by atoms with E-state index in [1.54, 1.807) is 0 Å². The van der Waals surface area contributed by atoms with E-state index in [0.29, 0.717) is 0 Å². The molecule has 0 saturated heterocycles. The van der Waals surface area contributed by atoms with Gasteiger partial charge >= 0.3 is 0 Å². The minimum absolute atomic E-state index is 0.861. The third kappa shape index (κ3) is 5.82. The Hall–Kier alpha value is -7.04. The molecule has 0 fully saturated rings. The van der Waals surface area contributed by atoms with Gasteiger partial charge in [-0.3, -0.25) is 0 Å². The van der Waals surface area contributed by atoms with Crippen LogP contribution in [0, 0.1) is 0 Å². The Morgan fingerprint density at radius 2 is 0.615 bits per heavy atom. The molecule has 4 nitrogen and oxygen atoms in total. The minimum Gasteiger partial charge on any atom is -0.310 e. The van der Waals surface area contributed by atoms with Crippen LogP contribution in [0.3, 0.4) is 0 Å². The molecule has 246 valence electrons. The molecule has 1 aromatic heterocycles. The van der Waals surface area contributed by atoms with Crippen LogP contribution in [0.4, 0.5) is 34.1 Å². The molecule has 0 unspecified atom stereocenters. The van der Waals surface area contributed by atoms with Crippen molar-refractivity contribution in [3.8, 4) is 22.5 Å². The first kappa shape index (κ1) is 31.0. The molecule has 52 heavy (non-hydrogen) atoms. The lowest BCUT2D eigenvalue weighted by molar-refractivity contribution is 1.27. The summed E-state index contributed by atoms with van der Waals surface area (Å²) in [6.07, 6.45) is 0. The van der Waals surface area contributed by atoms with Gasteiger partial charge in [0.25, 0.3) is 0 Å². The summed E-state index contributed by atoms with van der Waals surface area (Å²) in [5, 5.41) is 2.31. The third-order valence-corrected chi connectivity index (χ3v) is 9.42. The van der Waals surface area contributed by atoms with Gasteiger partial charge < -0.3 is 9.80 Å². The lowest BCUT2D eigenvalue weighted by Gasteiger charge is -2.29. The summed E-state index contributed by atoms with van der Waals surface area (Å²) in [7, 11) is 0. The SMILES string of the molecule is c1ccc(-c2nc3ccccc3nc2-c2ccc(N(c3ccccc3)c3cccc4c(N(c5ccccc5)c5ccccc5)cccc34)cc2)cc1. The number of nitrogens with zero attached hydrogens (tertiary/aromatic N) is 4. The quantitative estimate of drug-likeness (QED) is 0.162. The van der Waals surface area contributed by atoms with E-state index < -0.39 is 0 Å². The summed E-state index contributed by atoms with van der Waals surface area (Å²) >= 11 is 0. The molecule has 0 aliphatic heterocycles. The third-order valence-electron chi connectivity index (χ3n) is 9.42. The number of hydrogen-bond acceptors (Lipinski definition) is 4. The summed E-state index contributed by atoms with van der Waals surface area (Å²) in [5.41, 5.74) is 12.1. The van der Waals surface area contributed by atoms with Crippen molar-refractivity contribution in [1.29, 1.82) is 0 Å². The van der Waals surface area contributed by atoms with Gasteiger partial charge in [0.2, 0.25) is 0 Å². The Balaban J connectivity index is 1.19. The van der Waals surface area contributed by atoms with E-state index in [1.165, 1.54) is 0 Å². The highest BCUT2D eigenvalue weighted by atomic mass is 15.2. The zero-order chi connectivity index (χ0) is 34.7. The second-order valence-corrected chi connectivity index (χ2v) is 12.6. The molecule has 1 heterocycles. The Morgan fingerprint density at radius 3 is 1.04 bits per heavy atom. The lowest BCUT2D eigenvalue weighted by Crippen LogP contribution is -2.12. The van der Waals surface area contributed by atoms with Crippen molar-refractivity contribution < 1.29 is 0 Å². The Morgan fingerprint density at radius 1 is 0.269 bits per heavy atom. The monoisotopic (exact) mass is 666 g/mol. The maximum absolute atomic E-state index is 5.15. The fourth-order valence-electron chi connectivity index (χ4n) is 7.02. The number of hydrogen-bond donors (Lipinski definition) is 0. The van der Waals surface area contributed by atoms with Crippen LogP contribution in [-0.2, 0) is 0 Å². The Bertz CT molecular complexity index is 2570. The van der Waals surface area contributed by atoms with Crippen LogP contribution in [0.5, 0.6) is 0 Å². The number of fused-ring (bicyclic) bond motifs is 2. The average molecular weight is 667 g/mol. The van der Waals surface area contributed by atoms with Gasteiger partial charge in [-0.15, -0.1) is 0 Å². The molecule has 0 N–H and O–H groups in total. The highest BCUT2D eigenvalue weighted by molar-refractivity contribution is 6.06. The van der Waals surface area contributed by atoms with Crippen LogP contribution < -0.4 is 9.80 Å². The molecule has 0 aliphatic rings. The lowest BCUT2D eigenvalue weighted by atomic mass is 10.0. The molecular weight excluding hydrogens is 633 g/mol. The number of benzene rings is 8. The van der Waals surface area contributed by atoms with E-state index in [-0.39, 0.29) is 0 Å². The average Bonchev–Trinajstić information content (AvgIpc) is 3.23. The van der Waals surface area contributed by atoms with Crippen molar-refractivity contribution in [3.63, 3.8) is 0 Å². The van der Waals surface area contributed by atoms with Gasteiger partial charge in [0.05, 0.1) is 33.8 Å². The van der Waals surface area contributed by atoms with Crippen LogP contribution in [0.1, 0.15) is 0 Å². The van der Waals surface area contributed by atoms with Crippen molar-refractivity contribution in [3.05, 3.63) is 206 Å². The topological polar surface area (TPSA) is 32.3 Å². The van der Waals surface area contributed by atoms with Crippen LogP contribution in [0.25, 0.3) is 44.3 Å². The van der Waals surface area contributed by atoms with Gasteiger partial charge in [-0.1, -0.05) is 133 Å². The fourth-order valence-corrected chi connectivity index (χ4v) is 7.02. The van der Waals surface area contributed by atoms with Gasteiger partial charge in [0, 0.05) is 44.6 Å². The maximum Gasteiger partial charge on any atom is 0.0973 e. The van der Waals surface area contributed by atoms with Gasteiger partial charge in [-0.05, 0) is 72.8 Å². The molecular formula is C48H34N4. The highest BCUT2D eigenvalue weighted by Crippen LogP contribution is 2.44. The molecule has 0 aliphatic carbocycles. The molecule has 8 aromatic carbocycles. The van der Waals surface area contributed by atoms with E-state index in [0.717, 1.165) is 78.4 Å². The predicted molar refractivity (Wildman–Crippen MR) is 217 cm³/mol. The van der Waals surface area contributed by atoms with Gasteiger partial charge in [0.1, 0.15) is 0 Å². The van der Waals surface area contributed by atoms with Crippen molar-refractivity contribution in [2.24, 2.45) is 0 Å². The smallest absolute Gasteiger partial charge is 0.0973 e. The van der Waals surface area contributed by atoms with E-state index in [1.807, 2.05) is 42.5 Å². The number of aromatic nitrogens is 2. The molecule has 0 spiro atoms. The second kappa shape index (κ2) is 13.7. The summed E-state index contributed by atoms with van der Waals surface area (Å²) in [6.45, 7) is 0. The van der Waals surface area contributed by atoms with Crippen molar-refractivity contribution >= 4 is 55.9 Å². The Labute approximate surface area is 303 Å². The predicted octanol–water partition coefficient (Wildman–Crippen LogP) is 13.1. The summed E-state index contributed by atoms with van der Waals surface area (Å²) in [5.74, 6) is 0. The second-order valence-electron chi connectivity index (χ2n) is 12.6. The largest absolute Gasteiger partial charge is 0.310 e. The van der Waals surface area contributed by atoms with Crippen LogP contribution in [0.2, 0.25) is 0 Å². The maximum atomic E-state index is 5.15. The molecule has 9 rings (SSSR count). The zero-order valence-electron chi connectivity index (χ0n) is 28.4. The molecule has 9 aromatic rings. The van der Waals surface area contributed by atoms with E-state index in [2.05, 4.69) is 174 Å². The van der Waals surface area contributed by atoms with Crippen LogP contribution in [-0.4, -0.2) is 9.97 Å². The van der Waals surface area contributed by atoms with Gasteiger partial charge in [0.15, 0.2) is 0 Å². The number of anilines is 6. The first-order chi connectivity index (χ1) is 25.8. The molecule has 0 bridgehead atoms. The van der Waals surface area contributed by atoms with Crippen LogP contribution in [0.15, 0.2) is 206 Å². The molecule has 4 heteroatoms. The molecule has 0 amide bonds. The Kier molecular flexibility index (Phi) is 8.16. The molecule has 0 saturated carbocycles. The van der Waals surface area contributed by atoms with Gasteiger partial charge in [-0.2, -0.15) is 0 Å². The standard InChI is InChI=1S/C48H34N4/c1-5-17-35(18-6-1)47-48(50-44-28-14-13-27-43(44)49-47)36-31-33-40(34-32-36)52(39-23-11-4-12-24-39)46-30-16-25-41-42(46)26-15-29-45(41)51(37-19-7-2-8-20-37)38-21-9-3-10-22-38/h1-34H. The van der Waals surface area contributed by atoms with E-state index in [9.17, 15) is 0 Å². The molecule has 0 radical (unpaired) electrons. The highest BCUT2D eigenvalue weighted by Gasteiger charge is 2.20. The van der Waals surface area contributed by atoms with E-state index >= 15 is 0 Å². The summed E-state index contributed by atoms with van der Waals surface area (Å²) < 4.78 is 0. The van der Waals surface area contributed by atoms with Gasteiger partial charge in [-0.25, -0.2) is 9.97 Å². The first-order valence-corrected chi connectivity index (χ1v) is 17.5. The number of rotatable bonds is 8. The van der Waals surface area contributed by atoms with Crippen molar-refractivity contribution in [1.82, 2.24) is 9.97 Å². The van der Waals surface area contributed by atoms with Crippen molar-refractivity contribution in [2.75, 3.05) is 9.80 Å². The first-order valence-electron chi connectivity index (χ1n) is 17.5. The normalized spacial score (nSPS) is 11.1. The summed E-state index contributed by atoms with van der Waals surface area (Å²) in [4.78, 5) is 14.9. The van der Waals surface area contributed by atoms with Crippen molar-refractivity contribution in [2.45, 2.75) is 0 Å². The minimum atomic E-state index is 0.861. The van der Waals surface area contributed by atoms with Crippen LogP contribution >= 0.6 is 0 Å². The summed E-state index contributed by atoms with van der Waals surface area (Å²) in [6, 6.07) is 72.0. The number of para-hydroxylation sites is 5. The van der Waals surface area contributed by atoms with E-state index in [4.69, 9.17) is 9.97 Å². The fraction of sp³-hybridized carbons (Fsp3) is 0. The zero-order valence-corrected chi connectivity index (χ0v) is 28.4.